The highest BCUT2D eigenvalue weighted by molar-refractivity contribution is 7.79. The molecule has 0 aliphatic heterocycles. The first-order valence-corrected chi connectivity index (χ1v) is 12.9. The second-order valence-corrected chi connectivity index (χ2v) is 10.7. The van der Waals surface area contributed by atoms with Crippen molar-refractivity contribution in [3.05, 3.63) is 109 Å². The van der Waals surface area contributed by atoms with Gasteiger partial charge in [-0.05, 0) is 36.2 Å². The van der Waals surface area contributed by atoms with Crippen LogP contribution in [0.25, 0.3) is 10.8 Å². The molecule has 0 spiro atoms. The van der Waals surface area contributed by atoms with Gasteiger partial charge in [-0.2, -0.15) is 0 Å². The van der Waals surface area contributed by atoms with Crippen molar-refractivity contribution in [3.8, 4) is 0 Å². The van der Waals surface area contributed by atoms with Gasteiger partial charge in [-0.25, -0.2) is 0 Å². The fourth-order valence-electron chi connectivity index (χ4n) is 4.34. The molecule has 170 valence electrons. The van der Waals surface area contributed by atoms with Crippen LogP contribution in [0, 0.1) is 0 Å². The summed E-state index contributed by atoms with van der Waals surface area (Å²) < 4.78 is 27.8. The highest BCUT2D eigenvalue weighted by atomic mass is 31.2. The molecule has 5 heteroatoms. The first kappa shape index (κ1) is 23.4. The molecule has 1 unspecified atom stereocenters. The van der Waals surface area contributed by atoms with Crippen LogP contribution in [0.2, 0.25) is 0 Å². The fraction of sp³-hybridized carbons (Fsp3) is 0.214. The summed E-state index contributed by atoms with van der Waals surface area (Å²) in [5, 5.41) is 15.1. The lowest BCUT2D eigenvalue weighted by molar-refractivity contribution is -0.226. The van der Waals surface area contributed by atoms with E-state index in [4.69, 9.17) is 9.47 Å². The van der Waals surface area contributed by atoms with Gasteiger partial charge >= 0.3 is 0 Å². The molecule has 1 atom stereocenters. The molecular weight excluding hydrogens is 431 g/mol. The Morgan fingerprint density at radius 1 is 0.727 bits per heavy atom. The lowest BCUT2D eigenvalue weighted by Gasteiger charge is -2.43. The van der Waals surface area contributed by atoms with E-state index in [0.717, 1.165) is 10.8 Å². The molecule has 1 N–H and O–H groups in total. The molecule has 4 aromatic rings. The van der Waals surface area contributed by atoms with Crippen LogP contribution in [0.5, 0.6) is 0 Å². The molecule has 33 heavy (non-hydrogen) atoms. The normalized spacial score (nSPS) is 13.2. The third kappa shape index (κ3) is 4.16. The van der Waals surface area contributed by atoms with E-state index >= 15 is 4.57 Å². The summed E-state index contributed by atoms with van der Waals surface area (Å²) in [7, 11) is -3.67. The average molecular weight is 461 g/mol. The quantitative estimate of drug-likeness (QED) is 0.260. The second-order valence-electron chi connectivity index (χ2n) is 7.79. The van der Waals surface area contributed by atoms with Crippen LogP contribution in [-0.4, -0.2) is 23.8 Å². The van der Waals surface area contributed by atoms with Gasteiger partial charge in [0.1, 0.15) is 6.10 Å². The van der Waals surface area contributed by atoms with E-state index < -0.39 is 18.8 Å². The van der Waals surface area contributed by atoms with Crippen LogP contribution in [0.15, 0.2) is 103 Å². The van der Waals surface area contributed by atoms with Gasteiger partial charge < -0.3 is 19.1 Å². The maximum absolute atomic E-state index is 15.3. The number of hydrogen-bond acceptors (Lipinski definition) is 4. The average Bonchev–Trinajstić information content (AvgIpc) is 2.88. The number of hydrogen-bond donors (Lipinski definition) is 1. The summed E-state index contributed by atoms with van der Waals surface area (Å²) in [6, 6.07) is 32.0. The number of aliphatic hydroxyl groups is 1. The largest absolute Gasteiger partial charge is 0.382 e. The van der Waals surface area contributed by atoms with Crippen molar-refractivity contribution in [3.63, 3.8) is 0 Å². The smallest absolute Gasteiger partial charge is 0.261 e. The van der Waals surface area contributed by atoms with Crippen molar-refractivity contribution < 1.29 is 19.1 Å². The van der Waals surface area contributed by atoms with Gasteiger partial charge in [-0.3, -0.25) is 0 Å². The van der Waals surface area contributed by atoms with E-state index in [9.17, 15) is 5.11 Å². The molecule has 0 saturated heterocycles. The van der Waals surface area contributed by atoms with E-state index in [0.29, 0.717) is 16.2 Å². The summed E-state index contributed by atoms with van der Waals surface area (Å²) >= 11 is 0. The van der Waals surface area contributed by atoms with Gasteiger partial charge in [-0.1, -0.05) is 97.1 Å². The van der Waals surface area contributed by atoms with E-state index in [-0.39, 0.29) is 13.2 Å². The molecule has 0 saturated carbocycles. The molecule has 0 fully saturated rings. The van der Waals surface area contributed by atoms with Crippen LogP contribution in [0.1, 0.15) is 25.5 Å². The molecule has 0 amide bonds. The Balaban J connectivity index is 1.99. The Morgan fingerprint density at radius 3 is 1.73 bits per heavy atom. The molecule has 0 aliphatic carbocycles. The molecule has 4 nitrogen and oxygen atoms in total. The SMILES string of the molecule is CCOC(OCC)(C(O)c1ccc2ccccc2c1)P(=O)(c1ccccc1)c1ccccc1. The van der Waals surface area contributed by atoms with Crippen molar-refractivity contribution in [1.82, 2.24) is 0 Å². The van der Waals surface area contributed by atoms with Gasteiger partial charge in [0.25, 0.3) is 5.53 Å². The zero-order chi connectivity index (χ0) is 23.3. The summed E-state index contributed by atoms with van der Waals surface area (Å²) in [6.45, 7) is 4.07. The molecular formula is C28H29O4P. The Kier molecular flexibility index (Phi) is 7.11. The number of ether oxygens (including phenoxy) is 2. The molecule has 4 rings (SSSR count). The fourth-order valence-corrected chi connectivity index (χ4v) is 7.66. The summed E-state index contributed by atoms with van der Waals surface area (Å²) in [4.78, 5) is 0. The number of fused-ring (bicyclic) bond motifs is 1. The van der Waals surface area contributed by atoms with Gasteiger partial charge in [0.05, 0.1) is 0 Å². The Bertz CT molecular complexity index is 1190. The lowest BCUT2D eigenvalue weighted by atomic mass is 10.0. The van der Waals surface area contributed by atoms with E-state index in [2.05, 4.69) is 0 Å². The molecule has 0 radical (unpaired) electrons. The van der Waals surface area contributed by atoms with Crippen molar-refractivity contribution in [2.45, 2.75) is 25.5 Å². The zero-order valence-electron chi connectivity index (χ0n) is 18.9. The third-order valence-corrected chi connectivity index (χ3v) is 9.25. The van der Waals surface area contributed by atoms with Gasteiger partial charge in [0.15, 0.2) is 0 Å². The zero-order valence-corrected chi connectivity index (χ0v) is 19.8. The van der Waals surface area contributed by atoms with Gasteiger partial charge in [0, 0.05) is 23.8 Å². The minimum atomic E-state index is -3.67. The standard InChI is InChI=1S/C28H29O4P/c1-3-31-28(32-4-2,27(29)24-20-19-22-13-11-12-14-23(22)21-24)33(30,25-15-7-5-8-16-25)26-17-9-6-10-18-26/h5-21,27,29H,3-4H2,1-2H3. The Morgan fingerprint density at radius 2 is 1.21 bits per heavy atom. The maximum Gasteiger partial charge on any atom is 0.261 e. The minimum Gasteiger partial charge on any atom is -0.382 e. The van der Waals surface area contributed by atoms with Crippen molar-refractivity contribution in [2.24, 2.45) is 0 Å². The van der Waals surface area contributed by atoms with Crippen molar-refractivity contribution in [1.29, 1.82) is 0 Å². The molecule has 0 heterocycles. The Labute approximate surface area is 195 Å². The van der Waals surface area contributed by atoms with E-state index in [1.54, 1.807) is 0 Å². The van der Waals surface area contributed by atoms with Crippen molar-refractivity contribution >= 4 is 28.5 Å². The first-order chi connectivity index (χ1) is 16.1. The maximum atomic E-state index is 15.3. The van der Waals surface area contributed by atoms with Crippen LogP contribution in [-0.2, 0) is 14.0 Å². The Hall–Kier alpha value is -2.75. The van der Waals surface area contributed by atoms with E-state index in [1.165, 1.54) is 0 Å². The van der Waals surface area contributed by atoms with Crippen LogP contribution >= 0.6 is 7.14 Å². The second kappa shape index (κ2) is 10.0. The number of benzene rings is 4. The highest BCUT2D eigenvalue weighted by Crippen LogP contribution is 2.62. The predicted octanol–water partition coefficient (Wildman–Crippen LogP) is 5.61. The number of rotatable bonds is 9. The molecule has 0 aromatic heterocycles. The minimum absolute atomic E-state index is 0.217. The topological polar surface area (TPSA) is 55.8 Å². The van der Waals surface area contributed by atoms with Crippen LogP contribution in [0.3, 0.4) is 0 Å². The van der Waals surface area contributed by atoms with E-state index in [1.807, 2.05) is 117 Å². The monoisotopic (exact) mass is 460 g/mol. The highest BCUT2D eigenvalue weighted by Gasteiger charge is 2.58. The first-order valence-electron chi connectivity index (χ1n) is 11.2. The van der Waals surface area contributed by atoms with Crippen molar-refractivity contribution in [2.75, 3.05) is 13.2 Å². The van der Waals surface area contributed by atoms with Crippen LogP contribution in [0.4, 0.5) is 0 Å². The predicted molar refractivity (Wildman–Crippen MR) is 135 cm³/mol. The lowest BCUT2D eigenvalue weighted by Crippen LogP contribution is -2.48. The third-order valence-electron chi connectivity index (χ3n) is 5.82. The van der Waals surface area contributed by atoms with Gasteiger partial charge in [-0.15, -0.1) is 0 Å². The summed E-state index contributed by atoms with van der Waals surface area (Å²) in [5.41, 5.74) is -1.22. The number of aliphatic hydroxyl groups excluding tert-OH is 1. The summed E-state index contributed by atoms with van der Waals surface area (Å²) in [5.74, 6) is 0. The summed E-state index contributed by atoms with van der Waals surface area (Å²) in [6.07, 6.45) is -1.30. The molecule has 0 aliphatic rings. The molecule has 0 bridgehead atoms. The van der Waals surface area contributed by atoms with Gasteiger partial charge in [0.2, 0.25) is 7.14 Å². The molecule has 4 aromatic carbocycles. The van der Waals surface area contributed by atoms with Crippen LogP contribution < -0.4 is 10.6 Å².